The Bertz CT molecular complexity index is 189. The minimum absolute atomic E-state index is 0.0283. The molecule has 1 N–H and O–H groups in total. The van der Waals surface area contributed by atoms with Gasteiger partial charge in [0.2, 0.25) is 5.91 Å². The lowest BCUT2D eigenvalue weighted by Crippen LogP contribution is -2.54. The Kier molecular flexibility index (Phi) is 4.69. The van der Waals surface area contributed by atoms with Crippen LogP contribution in [0.15, 0.2) is 0 Å². The molecule has 0 saturated carbocycles. The largest absolute Gasteiger partial charge is 0.288 e. The third-order valence-electron chi connectivity index (χ3n) is 2.77. The Morgan fingerprint density at radius 1 is 1.43 bits per heavy atom. The van der Waals surface area contributed by atoms with Gasteiger partial charge in [0.15, 0.2) is 0 Å². The van der Waals surface area contributed by atoms with Gasteiger partial charge in [-0.1, -0.05) is 6.42 Å². The van der Waals surface area contributed by atoms with Gasteiger partial charge in [0.1, 0.15) is 0 Å². The summed E-state index contributed by atoms with van der Waals surface area (Å²) in [5.41, 5.74) is 2.93. The van der Waals surface area contributed by atoms with E-state index in [9.17, 15) is 4.79 Å². The fraction of sp³-hybridized carbons (Fsp3) is 0.900. The number of alkyl halides is 1. The standard InChI is InChI=1S/C10H19ClN2O/c1-8-4-3-5-9(2)13(8)12-10(14)6-7-11/h8-9H,3-7H2,1-2H3,(H,12,14). The fourth-order valence-electron chi connectivity index (χ4n) is 1.93. The van der Waals surface area contributed by atoms with E-state index in [0.717, 1.165) is 12.8 Å². The molecule has 4 heteroatoms. The second-order valence-corrected chi connectivity index (χ2v) is 4.39. The van der Waals surface area contributed by atoms with E-state index in [4.69, 9.17) is 11.6 Å². The molecule has 2 atom stereocenters. The zero-order valence-corrected chi connectivity index (χ0v) is 9.68. The van der Waals surface area contributed by atoms with Crippen molar-refractivity contribution in [1.29, 1.82) is 0 Å². The number of hydrazine groups is 1. The van der Waals surface area contributed by atoms with Crippen LogP contribution in [0.3, 0.4) is 0 Å². The lowest BCUT2D eigenvalue weighted by molar-refractivity contribution is -0.128. The summed E-state index contributed by atoms with van der Waals surface area (Å²) in [6, 6.07) is 0.885. The van der Waals surface area contributed by atoms with E-state index >= 15 is 0 Å². The van der Waals surface area contributed by atoms with Gasteiger partial charge in [-0.05, 0) is 26.7 Å². The number of nitrogens with one attached hydrogen (secondary N) is 1. The maximum Gasteiger partial charge on any atom is 0.235 e. The highest BCUT2D eigenvalue weighted by atomic mass is 35.5. The van der Waals surface area contributed by atoms with Crippen molar-refractivity contribution in [2.45, 2.75) is 51.6 Å². The van der Waals surface area contributed by atoms with Crippen LogP contribution in [0.1, 0.15) is 39.5 Å². The molecule has 1 rings (SSSR count). The molecular weight excluding hydrogens is 200 g/mol. The predicted octanol–water partition coefficient (Wildman–Crippen LogP) is 1.91. The molecule has 1 fully saturated rings. The fourth-order valence-corrected chi connectivity index (χ4v) is 2.10. The van der Waals surface area contributed by atoms with Gasteiger partial charge in [-0.15, -0.1) is 11.6 Å². The normalized spacial score (nSPS) is 28.8. The number of halogens is 1. The average molecular weight is 219 g/mol. The van der Waals surface area contributed by atoms with Gasteiger partial charge in [-0.2, -0.15) is 0 Å². The van der Waals surface area contributed by atoms with Crippen molar-refractivity contribution in [2.24, 2.45) is 0 Å². The van der Waals surface area contributed by atoms with Crippen LogP contribution in [0.4, 0.5) is 0 Å². The lowest BCUT2D eigenvalue weighted by Gasteiger charge is -2.38. The summed E-state index contributed by atoms with van der Waals surface area (Å²) < 4.78 is 0. The van der Waals surface area contributed by atoms with E-state index < -0.39 is 0 Å². The molecule has 1 aliphatic rings. The number of nitrogens with zero attached hydrogens (tertiary/aromatic N) is 1. The van der Waals surface area contributed by atoms with Gasteiger partial charge in [0.25, 0.3) is 0 Å². The van der Waals surface area contributed by atoms with Crippen LogP contribution in [-0.2, 0) is 4.79 Å². The molecule has 1 aliphatic heterocycles. The molecule has 1 saturated heterocycles. The summed E-state index contributed by atoms with van der Waals surface area (Å²) in [5, 5.41) is 2.07. The molecule has 0 spiro atoms. The number of hydrogen-bond donors (Lipinski definition) is 1. The number of carbonyl (C=O) groups is 1. The quantitative estimate of drug-likeness (QED) is 0.734. The van der Waals surface area contributed by atoms with Crippen LogP contribution < -0.4 is 5.43 Å². The Balaban J connectivity index is 2.43. The first-order valence-corrected chi connectivity index (χ1v) is 5.82. The second-order valence-electron chi connectivity index (χ2n) is 4.01. The highest BCUT2D eigenvalue weighted by Crippen LogP contribution is 2.20. The van der Waals surface area contributed by atoms with Crippen LogP contribution in [0.5, 0.6) is 0 Å². The first-order valence-electron chi connectivity index (χ1n) is 5.29. The predicted molar refractivity (Wildman–Crippen MR) is 58.1 cm³/mol. The van der Waals surface area contributed by atoms with Crippen LogP contribution >= 0.6 is 11.6 Å². The molecular formula is C10H19ClN2O. The van der Waals surface area contributed by atoms with Gasteiger partial charge in [-0.25, -0.2) is 5.01 Å². The van der Waals surface area contributed by atoms with E-state index in [1.807, 2.05) is 0 Å². The molecule has 14 heavy (non-hydrogen) atoms. The van der Waals surface area contributed by atoms with Gasteiger partial charge in [0.05, 0.1) is 0 Å². The highest BCUT2D eigenvalue weighted by Gasteiger charge is 2.25. The third-order valence-corrected chi connectivity index (χ3v) is 2.96. The molecule has 0 aromatic carbocycles. The molecule has 1 amide bonds. The number of hydrogen-bond acceptors (Lipinski definition) is 2. The van der Waals surface area contributed by atoms with Gasteiger partial charge >= 0.3 is 0 Å². The van der Waals surface area contributed by atoms with Crippen LogP contribution in [-0.4, -0.2) is 28.9 Å². The smallest absolute Gasteiger partial charge is 0.235 e. The molecule has 1 heterocycles. The number of rotatable bonds is 3. The first-order chi connectivity index (χ1) is 6.65. The van der Waals surface area contributed by atoms with Gasteiger partial charge in [0, 0.05) is 24.4 Å². The summed E-state index contributed by atoms with van der Waals surface area (Å²) in [6.45, 7) is 4.30. The van der Waals surface area contributed by atoms with E-state index in [1.54, 1.807) is 0 Å². The highest BCUT2D eigenvalue weighted by molar-refractivity contribution is 6.18. The van der Waals surface area contributed by atoms with E-state index in [0.29, 0.717) is 24.4 Å². The monoisotopic (exact) mass is 218 g/mol. The first kappa shape index (κ1) is 11.8. The zero-order chi connectivity index (χ0) is 10.6. The summed E-state index contributed by atoms with van der Waals surface area (Å²) >= 11 is 5.51. The van der Waals surface area contributed by atoms with Crippen molar-refractivity contribution in [3.05, 3.63) is 0 Å². The molecule has 0 aromatic heterocycles. The van der Waals surface area contributed by atoms with Gasteiger partial charge < -0.3 is 0 Å². The maximum atomic E-state index is 11.4. The molecule has 0 radical (unpaired) electrons. The molecule has 0 aliphatic carbocycles. The minimum Gasteiger partial charge on any atom is -0.288 e. The summed E-state index contributed by atoms with van der Waals surface area (Å²) in [4.78, 5) is 11.4. The molecule has 82 valence electrons. The van der Waals surface area contributed by atoms with E-state index in [1.165, 1.54) is 6.42 Å². The van der Waals surface area contributed by atoms with Crippen molar-refractivity contribution >= 4 is 17.5 Å². The van der Waals surface area contributed by atoms with Crippen LogP contribution in [0.2, 0.25) is 0 Å². The van der Waals surface area contributed by atoms with Crippen LogP contribution in [0.25, 0.3) is 0 Å². The Labute approximate surface area is 90.8 Å². The molecule has 3 nitrogen and oxygen atoms in total. The summed E-state index contributed by atoms with van der Waals surface area (Å²) in [7, 11) is 0. The maximum absolute atomic E-state index is 11.4. The Morgan fingerprint density at radius 2 is 2.00 bits per heavy atom. The van der Waals surface area contributed by atoms with Crippen molar-refractivity contribution in [1.82, 2.24) is 10.4 Å². The van der Waals surface area contributed by atoms with Crippen molar-refractivity contribution < 1.29 is 4.79 Å². The van der Waals surface area contributed by atoms with E-state index in [-0.39, 0.29) is 5.91 Å². The summed E-state index contributed by atoms with van der Waals surface area (Å²) in [6.07, 6.45) is 3.97. The number of piperidine rings is 1. The van der Waals surface area contributed by atoms with Crippen molar-refractivity contribution in [3.63, 3.8) is 0 Å². The van der Waals surface area contributed by atoms with E-state index in [2.05, 4.69) is 24.3 Å². The number of carbonyl (C=O) groups excluding carboxylic acids is 1. The molecule has 0 aromatic rings. The van der Waals surface area contributed by atoms with Gasteiger partial charge in [-0.3, -0.25) is 10.2 Å². The molecule has 0 bridgehead atoms. The zero-order valence-electron chi connectivity index (χ0n) is 8.92. The van der Waals surface area contributed by atoms with Crippen LogP contribution in [0, 0.1) is 0 Å². The Morgan fingerprint density at radius 3 is 2.50 bits per heavy atom. The topological polar surface area (TPSA) is 32.3 Å². The minimum atomic E-state index is 0.0283. The number of amides is 1. The molecule has 2 unspecified atom stereocenters. The second kappa shape index (κ2) is 5.56. The Hall–Kier alpha value is -0.280. The average Bonchev–Trinajstić information content (AvgIpc) is 2.12. The lowest BCUT2D eigenvalue weighted by atomic mass is 10.00. The third kappa shape index (κ3) is 3.14. The summed E-state index contributed by atoms with van der Waals surface area (Å²) in [5.74, 6) is 0.420. The SMILES string of the molecule is CC1CCCC(C)N1NC(=O)CCCl. The van der Waals surface area contributed by atoms with Crippen molar-refractivity contribution in [3.8, 4) is 0 Å². The van der Waals surface area contributed by atoms with Crippen molar-refractivity contribution in [2.75, 3.05) is 5.88 Å².